The lowest BCUT2D eigenvalue weighted by Crippen LogP contribution is -2.38. The maximum atomic E-state index is 12.9. The fourth-order valence-corrected chi connectivity index (χ4v) is 2.62. The monoisotopic (exact) mass is 369 g/mol. The summed E-state index contributed by atoms with van der Waals surface area (Å²) in [6.07, 6.45) is -1.34. The number of rotatable bonds is 6. The van der Waals surface area contributed by atoms with E-state index in [9.17, 15) is 14.7 Å². The van der Waals surface area contributed by atoms with Gasteiger partial charge in [0.15, 0.2) is 17.3 Å². The van der Waals surface area contributed by atoms with Crippen LogP contribution >= 0.6 is 0 Å². The zero-order valence-electron chi connectivity index (χ0n) is 15.0. The Balaban J connectivity index is 2.27. The van der Waals surface area contributed by atoms with Crippen LogP contribution < -0.4 is 24.7 Å². The van der Waals surface area contributed by atoms with Crippen LogP contribution in [0.25, 0.3) is 22.3 Å². The molecule has 3 aromatic rings. The summed E-state index contributed by atoms with van der Waals surface area (Å²) in [6.45, 7) is 1.28. The molecule has 0 saturated heterocycles. The summed E-state index contributed by atoms with van der Waals surface area (Å²) in [5.41, 5.74) is 0.339. The molecule has 0 unspecified atom stereocenters. The van der Waals surface area contributed by atoms with Gasteiger partial charge in [-0.2, -0.15) is 0 Å². The summed E-state index contributed by atoms with van der Waals surface area (Å²) in [7, 11) is 2.98. The molecular weight excluding hydrogens is 352 g/mol. The smallest absolute Gasteiger partial charge is 0.235 e. The number of carboxylic acid groups (broad SMARTS) is 1. The molecule has 0 fully saturated rings. The summed E-state index contributed by atoms with van der Waals surface area (Å²) >= 11 is 0. The highest BCUT2D eigenvalue weighted by molar-refractivity contribution is 5.82. The molecular formula is C20H17O7-. The number of fused-ring (bicyclic) bond motifs is 1. The van der Waals surface area contributed by atoms with Crippen molar-refractivity contribution in [3.8, 4) is 28.6 Å². The lowest BCUT2D eigenvalue weighted by Gasteiger charge is -2.18. The van der Waals surface area contributed by atoms with Gasteiger partial charge in [-0.1, -0.05) is 12.1 Å². The van der Waals surface area contributed by atoms with Gasteiger partial charge in [-0.05, 0) is 37.3 Å². The molecule has 0 bridgehead atoms. The Morgan fingerprint density at radius 2 is 1.78 bits per heavy atom. The van der Waals surface area contributed by atoms with Gasteiger partial charge in [0.05, 0.1) is 25.6 Å². The number of carbonyl (C=O) groups excluding carboxylic acids is 1. The van der Waals surface area contributed by atoms with Gasteiger partial charge in [0.25, 0.3) is 0 Å². The summed E-state index contributed by atoms with van der Waals surface area (Å²) < 4.78 is 21.8. The first-order chi connectivity index (χ1) is 13.0. The van der Waals surface area contributed by atoms with E-state index in [0.29, 0.717) is 22.6 Å². The van der Waals surface area contributed by atoms with Gasteiger partial charge >= 0.3 is 0 Å². The van der Waals surface area contributed by atoms with Crippen molar-refractivity contribution in [2.45, 2.75) is 13.0 Å². The van der Waals surface area contributed by atoms with Crippen LogP contribution in [0.5, 0.6) is 17.2 Å². The molecule has 0 spiro atoms. The number of para-hydroxylation sites is 1. The predicted molar refractivity (Wildman–Crippen MR) is 96.1 cm³/mol. The number of aliphatic carboxylic acids is 1. The normalized spacial score (nSPS) is 11.8. The standard InChI is InChI=1S/C20H18O7/c1-11(20(22)23)26-19-17(21)13-6-4-5-7-14(13)27-18(19)12-8-9-15(24-2)16(10-12)25-3/h4-11H,1-3H3,(H,22,23)/p-1/t11-/m0/s1. The van der Waals surface area contributed by atoms with E-state index >= 15 is 0 Å². The molecule has 0 saturated carbocycles. The Morgan fingerprint density at radius 1 is 1.07 bits per heavy atom. The topological polar surface area (TPSA) is 98.0 Å². The zero-order valence-corrected chi connectivity index (χ0v) is 15.0. The molecule has 140 valence electrons. The van der Waals surface area contributed by atoms with Crippen LogP contribution in [-0.4, -0.2) is 26.3 Å². The van der Waals surface area contributed by atoms with Crippen LogP contribution in [0.15, 0.2) is 51.7 Å². The number of carboxylic acids is 1. The summed E-state index contributed by atoms with van der Waals surface area (Å²) in [5, 5.41) is 11.4. The Hall–Kier alpha value is -3.48. The Morgan fingerprint density at radius 3 is 2.44 bits per heavy atom. The van der Waals surface area contributed by atoms with E-state index in [1.165, 1.54) is 21.1 Å². The third-order valence-corrected chi connectivity index (χ3v) is 4.03. The molecule has 1 heterocycles. The molecule has 27 heavy (non-hydrogen) atoms. The minimum absolute atomic E-state index is 0.0905. The molecule has 0 radical (unpaired) electrons. The van der Waals surface area contributed by atoms with Crippen molar-refractivity contribution in [2.75, 3.05) is 14.2 Å². The zero-order chi connectivity index (χ0) is 19.6. The molecule has 0 aliphatic rings. The van der Waals surface area contributed by atoms with E-state index in [4.69, 9.17) is 18.6 Å². The Kier molecular flexibility index (Phi) is 5.03. The minimum Gasteiger partial charge on any atom is -0.546 e. The van der Waals surface area contributed by atoms with Crippen molar-refractivity contribution in [1.82, 2.24) is 0 Å². The van der Waals surface area contributed by atoms with E-state index in [0.717, 1.165) is 0 Å². The Bertz CT molecular complexity index is 1050. The fourth-order valence-electron chi connectivity index (χ4n) is 2.62. The molecule has 0 aliphatic heterocycles. The lowest BCUT2D eigenvalue weighted by molar-refractivity contribution is -0.312. The number of carbonyl (C=O) groups is 1. The van der Waals surface area contributed by atoms with Crippen molar-refractivity contribution in [3.63, 3.8) is 0 Å². The number of ether oxygens (including phenoxy) is 3. The highest BCUT2D eigenvalue weighted by Gasteiger charge is 2.21. The second kappa shape index (κ2) is 7.41. The van der Waals surface area contributed by atoms with Gasteiger partial charge in [0, 0.05) is 5.56 Å². The maximum absolute atomic E-state index is 12.9. The first-order valence-corrected chi connectivity index (χ1v) is 8.12. The summed E-state index contributed by atoms with van der Waals surface area (Å²) in [4.78, 5) is 24.0. The fraction of sp³-hybridized carbons (Fsp3) is 0.200. The van der Waals surface area contributed by atoms with E-state index in [2.05, 4.69) is 0 Å². The molecule has 7 nitrogen and oxygen atoms in total. The van der Waals surface area contributed by atoms with Crippen LogP contribution in [0, 0.1) is 0 Å². The van der Waals surface area contributed by atoms with Gasteiger partial charge in [0.2, 0.25) is 11.2 Å². The highest BCUT2D eigenvalue weighted by Crippen LogP contribution is 2.36. The van der Waals surface area contributed by atoms with Crippen LogP contribution in [0.3, 0.4) is 0 Å². The average molecular weight is 369 g/mol. The van der Waals surface area contributed by atoms with Crippen LogP contribution in [-0.2, 0) is 4.79 Å². The lowest BCUT2D eigenvalue weighted by atomic mass is 10.1. The minimum atomic E-state index is -1.44. The number of benzene rings is 2. The summed E-state index contributed by atoms with van der Waals surface area (Å²) in [6, 6.07) is 11.6. The largest absolute Gasteiger partial charge is 0.546 e. The molecule has 0 aliphatic carbocycles. The SMILES string of the molecule is COc1ccc(-c2oc3ccccc3c(=O)c2O[C@@H](C)C(=O)[O-])cc1OC. The van der Waals surface area contributed by atoms with E-state index in [-0.39, 0.29) is 16.9 Å². The van der Waals surface area contributed by atoms with Crippen molar-refractivity contribution < 1.29 is 28.5 Å². The quantitative estimate of drug-likeness (QED) is 0.655. The number of hydrogen-bond donors (Lipinski definition) is 0. The Labute approximate surface area is 154 Å². The third-order valence-electron chi connectivity index (χ3n) is 4.03. The average Bonchev–Trinajstić information content (AvgIpc) is 2.69. The number of hydrogen-bond acceptors (Lipinski definition) is 7. The van der Waals surface area contributed by atoms with E-state index in [1.807, 2.05) is 0 Å². The predicted octanol–water partition coefficient (Wildman–Crippen LogP) is 1.99. The third kappa shape index (κ3) is 3.44. The second-order valence-electron chi connectivity index (χ2n) is 5.73. The van der Waals surface area contributed by atoms with Gasteiger partial charge in [-0.25, -0.2) is 0 Å². The molecule has 1 atom stereocenters. The van der Waals surface area contributed by atoms with Crippen LogP contribution in [0.4, 0.5) is 0 Å². The van der Waals surface area contributed by atoms with Crippen molar-refractivity contribution in [3.05, 3.63) is 52.7 Å². The van der Waals surface area contributed by atoms with Gasteiger partial charge in [-0.3, -0.25) is 4.79 Å². The van der Waals surface area contributed by atoms with Gasteiger partial charge < -0.3 is 28.5 Å². The van der Waals surface area contributed by atoms with Gasteiger partial charge in [0.1, 0.15) is 11.7 Å². The van der Waals surface area contributed by atoms with E-state index < -0.39 is 17.5 Å². The maximum Gasteiger partial charge on any atom is 0.235 e. The second-order valence-corrected chi connectivity index (χ2v) is 5.73. The first kappa shape index (κ1) is 18.3. The molecule has 0 amide bonds. The first-order valence-electron chi connectivity index (χ1n) is 8.12. The van der Waals surface area contributed by atoms with E-state index in [1.54, 1.807) is 42.5 Å². The molecule has 3 rings (SSSR count). The van der Waals surface area contributed by atoms with Gasteiger partial charge in [-0.15, -0.1) is 0 Å². The molecule has 2 aromatic carbocycles. The van der Waals surface area contributed by atoms with Crippen molar-refractivity contribution >= 4 is 16.9 Å². The molecule has 7 heteroatoms. The molecule has 1 aromatic heterocycles. The number of methoxy groups -OCH3 is 2. The van der Waals surface area contributed by atoms with Crippen molar-refractivity contribution in [1.29, 1.82) is 0 Å². The van der Waals surface area contributed by atoms with Crippen molar-refractivity contribution in [2.24, 2.45) is 0 Å². The summed E-state index contributed by atoms with van der Waals surface area (Å²) in [5.74, 6) is -0.647. The van der Waals surface area contributed by atoms with Crippen LogP contribution in [0.2, 0.25) is 0 Å². The molecule has 0 N–H and O–H groups in total. The van der Waals surface area contributed by atoms with Crippen LogP contribution in [0.1, 0.15) is 6.92 Å². The highest BCUT2D eigenvalue weighted by atomic mass is 16.5.